The average Bonchev–Trinajstić information content (AvgIpc) is 3.36. The summed E-state index contributed by atoms with van der Waals surface area (Å²) in [6.45, 7) is 1.46. The van der Waals surface area contributed by atoms with E-state index < -0.39 is 0 Å². The molecule has 2 heterocycles. The van der Waals surface area contributed by atoms with Gasteiger partial charge in [0.15, 0.2) is 0 Å². The highest BCUT2D eigenvalue weighted by molar-refractivity contribution is 7.09. The third-order valence-electron chi connectivity index (χ3n) is 4.71. The fourth-order valence-electron chi connectivity index (χ4n) is 3.38. The van der Waals surface area contributed by atoms with Gasteiger partial charge in [0.05, 0.1) is 24.7 Å². The van der Waals surface area contributed by atoms with Gasteiger partial charge in [-0.1, -0.05) is 24.3 Å². The minimum absolute atomic E-state index is 0.126. The van der Waals surface area contributed by atoms with Crippen LogP contribution in [-0.4, -0.2) is 34.4 Å². The van der Waals surface area contributed by atoms with E-state index in [0.717, 1.165) is 11.3 Å². The summed E-state index contributed by atoms with van der Waals surface area (Å²) in [4.78, 5) is 32.9. The number of aromatic nitrogens is 2. The van der Waals surface area contributed by atoms with E-state index in [9.17, 15) is 9.59 Å². The first kappa shape index (κ1) is 19.9. The van der Waals surface area contributed by atoms with Gasteiger partial charge in [-0.25, -0.2) is 4.79 Å². The average molecular weight is 423 g/mol. The van der Waals surface area contributed by atoms with Gasteiger partial charge in [0.1, 0.15) is 5.75 Å². The summed E-state index contributed by atoms with van der Waals surface area (Å²) in [5.41, 5.74) is 2.75. The molecule has 4 aromatic rings. The second kappa shape index (κ2) is 8.98. The van der Waals surface area contributed by atoms with Crippen molar-refractivity contribution >= 4 is 34.0 Å². The molecule has 0 atom stereocenters. The fourth-order valence-corrected chi connectivity index (χ4v) is 4.13. The number of fused-ring (bicyclic) bond motifs is 1. The van der Waals surface area contributed by atoms with E-state index in [0.29, 0.717) is 29.8 Å². The summed E-state index contributed by atoms with van der Waals surface area (Å²) in [6, 6.07) is 17.2. The Bertz CT molecular complexity index is 1200. The lowest BCUT2D eigenvalue weighted by molar-refractivity contribution is -0.117. The molecule has 0 saturated heterocycles. The van der Waals surface area contributed by atoms with Crippen LogP contribution < -0.4 is 15.7 Å². The first-order valence-corrected chi connectivity index (χ1v) is 10.4. The molecule has 2 aromatic carbocycles. The predicted molar refractivity (Wildman–Crippen MR) is 119 cm³/mol. The summed E-state index contributed by atoms with van der Waals surface area (Å²) in [5.74, 6) is 0.676. The lowest BCUT2D eigenvalue weighted by Crippen LogP contribution is -2.32. The number of aromatic amines is 2. The van der Waals surface area contributed by atoms with Crippen LogP contribution in [0.1, 0.15) is 10.4 Å². The van der Waals surface area contributed by atoms with E-state index in [1.165, 1.54) is 4.88 Å². The zero-order chi connectivity index (χ0) is 20.9. The Kier molecular flexibility index (Phi) is 5.97. The molecule has 1 amide bonds. The second-order valence-electron chi connectivity index (χ2n) is 6.92. The van der Waals surface area contributed by atoms with Gasteiger partial charge in [0, 0.05) is 29.2 Å². The van der Waals surface area contributed by atoms with Crippen LogP contribution in [-0.2, 0) is 17.9 Å². The minimum Gasteiger partial charge on any atom is -0.496 e. The molecule has 0 aliphatic heterocycles. The summed E-state index contributed by atoms with van der Waals surface area (Å²) in [7, 11) is 1.65. The first-order valence-electron chi connectivity index (χ1n) is 9.49. The van der Waals surface area contributed by atoms with Crippen molar-refractivity contribution < 1.29 is 9.53 Å². The van der Waals surface area contributed by atoms with E-state index in [2.05, 4.69) is 26.3 Å². The van der Waals surface area contributed by atoms with Gasteiger partial charge >= 0.3 is 5.69 Å². The highest BCUT2D eigenvalue weighted by Gasteiger charge is 2.15. The molecule has 8 heteroatoms. The van der Waals surface area contributed by atoms with Crippen LogP contribution in [0.25, 0.3) is 11.0 Å². The molecule has 154 valence electrons. The van der Waals surface area contributed by atoms with Crippen LogP contribution in [0.5, 0.6) is 5.75 Å². The van der Waals surface area contributed by atoms with Crippen LogP contribution in [0, 0.1) is 0 Å². The molecule has 30 heavy (non-hydrogen) atoms. The van der Waals surface area contributed by atoms with Crippen molar-refractivity contribution in [3.63, 3.8) is 0 Å². The number of amides is 1. The van der Waals surface area contributed by atoms with E-state index >= 15 is 0 Å². The Morgan fingerprint density at radius 2 is 1.90 bits per heavy atom. The maximum atomic E-state index is 12.8. The van der Waals surface area contributed by atoms with Gasteiger partial charge in [-0.2, -0.15) is 0 Å². The summed E-state index contributed by atoms with van der Waals surface area (Å²) in [6.07, 6.45) is 0. The lowest BCUT2D eigenvalue weighted by Gasteiger charge is -2.22. The number of nitrogens with one attached hydrogen (secondary N) is 3. The normalized spacial score (nSPS) is 11.1. The monoisotopic (exact) mass is 422 g/mol. The van der Waals surface area contributed by atoms with Crippen LogP contribution in [0.4, 0.5) is 5.69 Å². The van der Waals surface area contributed by atoms with Crippen molar-refractivity contribution in [3.05, 3.63) is 80.9 Å². The molecule has 0 aliphatic rings. The van der Waals surface area contributed by atoms with Gasteiger partial charge in [0.25, 0.3) is 0 Å². The molecule has 0 fully saturated rings. The predicted octanol–water partition coefficient (Wildman–Crippen LogP) is 3.57. The van der Waals surface area contributed by atoms with Crippen LogP contribution >= 0.6 is 11.3 Å². The number of imidazole rings is 1. The van der Waals surface area contributed by atoms with Crippen LogP contribution in [0.15, 0.2) is 64.8 Å². The van der Waals surface area contributed by atoms with Gasteiger partial charge < -0.3 is 20.0 Å². The highest BCUT2D eigenvalue weighted by Crippen LogP contribution is 2.22. The quantitative estimate of drug-likeness (QED) is 0.405. The minimum atomic E-state index is -0.271. The number of nitrogens with zero attached hydrogens (tertiary/aromatic N) is 1. The van der Waals surface area contributed by atoms with E-state index in [1.807, 2.05) is 35.7 Å². The third-order valence-corrected chi connectivity index (χ3v) is 5.57. The van der Waals surface area contributed by atoms with Gasteiger partial charge in [-0.05, 0) is 35.7 Å². The molecule has 0 radical (unpaired) electrons. The summed E-state index contributed by atoms with van der Waals surface area (Å²) < 4.78 is 5.47. The Hall–Kier alpha value is -3.36. The first-order chi connectivity index (χ1) is 14.6. The Labute approximate surface area is 177 Å². The van der Waals surface area contributed by atoms with Gasteiger partial charge in [0.2, 0.25) is 5.91 Å². The van der Waals surface area contributed by atoms with E-state index in [-0.39, 0.29) is 18.1 Å². The number of carbonyl (C=O) groups excluding carboxylic acids is 1. The number of rotatable bonds is 8. The number of benzene rings is 2. The molecule has 2 aromatic heterocycles. The molecule has 3 N–H and O–H groups in total. The molecule has 0 spiro atoms. The third kappa shape index (κ3) is 4.79. The summed E-state index contributed by atoms with van der Waals surface area (Å²) >= 11 is 1.66. The van der Waals surface area contributed by atoms with Gasteiger partial charge in [-0.15, -0.1) is 11.3 Å². The van der Waals surface area contributed by atoms with Crippen molar-refractivity contribution in [1.82, 2.24) is 14.9 Å². The van der Waals surface area contributed by atoms with Crippen molar-refractivity contribution in [2.75, 3.05) is 19.0 Å². The molecule has 0 bridgehead atoms. The number of hydrogen-bond acceptors (Lipinski definition) is 5. The number of thiophene rings is 1. The zero-order valence-electron chi connectivity index (χ0n) is 16.5. The zero-order valence-corrected chi connectivity index (χ0v) is 17.3. The number of carbonyl (C=O) groups is 1. The van der Waals surface area contributed by atoms with Crippen molar-refractivity contribution in [2.24, 2.45) is 0 Å². The van der Waals surface area contributed by atoms with E-state index in [4.69, 9.17) is 4.74 Å². The van der Waals surface area contributed by atoms with E-state index in [1.54, 1.807) is 36.6 Å². The topological polar surface area (TPSA) is 90.2 Å². The van der Waals surface area contributed by atoms with Crippen LogP contribution in [0.2, 0.25) is 0 Å². The Morgan fingerprint density at radius 3 is 2.70 bits per heavy atom. The van der Waals surface area contributed by atoms with Crippen molar-refractivity contribution in [2.45, 2.75) is 13.1 Å². The Morgan fingerprint density at radius 1 is 1.07 bits per heavy atom. The molecular formula is C22H22N4O3S. The number of para-hydroxylation sites is 1. The number of anilines is 1. The van der Waals surface area contributed by atoms with Crippen LogP contribution in [0.3, 0.4) is 0 Å². The number of hydrogen-bond donors (Lipinski definition) is 3. The molecule has 4 rings (SSSR count). The maximum absolute atomic E-state index is 12.8. The maximum Gasteiger partial charge on any atom is 0.323 e. The number of ether oxygens (including phenoxy) is 1. The molecule has 0 unspecified atom stereocenters. The molecule has 7 nitrogen and oxygen atoms in total. The lowest BCUT2D eigenvalue weighted by atomic mass is 10.2. The SMILES string of the molecule is COc1ccccc1CN(CC(=O)Nc1ccc2[nH]c(=O)[nH]c2c1)Cc1cccs1. The number of methoxy groups -OCH3 is 1. The standard InChI is InChI=1S/C22H22N4O3S/c1-29-20-7-3-2-5-15(20)12-26(13-17-6-4-10-30-17)14-21(27)23-16-8-9-18-19(11-16)25-22(28)24-18/h2-11H,12-14H2,1H3,(H,23,27)(H2,24,25,28). The molecule has 0 saturated carbocycles. The molecular weight excluding hydrogens is 400 g/mol. The Balaban J connectivity index is 1.49. The molecule has 0 aliphatic carbocycles. The second-order valence-corrected chi connectivity index (χ2v) is 7.96. The highest BCUT2D eigenvalue weighted by atomic mass is 32.1. The summed E-state index contributed by atoms with van der Waals surface area (Å²) in [5, 5.41) is 4.95. The van der Waals surface area contributed by atoms with Gasteiger partial charge in [-0.3, -0.25) is 9.69 Å². The van der Waals surface area contributed by atoms with Crippen molar-refractivity contribution in [1.29, 1.82) is 0 Å². The number of H-pyrrole nitrogens is 2. The largest absolute Gasteiger partial charge is 0.496 e. The van der Waals surface area contributed by atoms with Crippen molar-refractivity contribution in [3.8, 4) is 5.75 Å². The smallest absolute Gasteiger partial charge is 0.323 e. The fraction of sp³-hybridized carbons (Fsp3) is 0.182.